The quantitative estimate of drug-likeness (QED) is 0.209. The van der Waals surface area contributed by atoms with Gasteiger partial charge in [0.1, 0.15) is 6.10 Å². The number of ether oxygens (including phenoxy) is 2. The third-order valence-electron chi connectivity index (χ3n) is 16.9. The molecule has 10 nitrogen and oxygen atoms in total. The van der Waals surface area contributed by atoms with Gasteiger partial charge in [0.05, 0.1) is 37.3 Å². The largest absolute Gasteiger partial charge is 0.481 e. The highest BCUT2D eigenvalue weighted by atomic mass is 16.5. The molecule has 0 bridgehead atoms. The smallest absolute Gasteiger partial charge is 0.309 e. The Labute approximate surface area is 347 Å². The molecular formula is C48H71N3O7. The molecule has 8 atom stereocenters. The number of amides is 1. The van der Waals surface area contributed by atoms with Crippen LogP contribution in [0, 0.1) is 56.7 Å². The number of rotatable bonds is 12. The summed E-state index contributed by atoms with van der Waals surface area (Å²) >= 11 is 0. The van der Waals surface area contributed by atoms with Crippen LogP contribution in [0.4, 0.5) is 0 Å². The zero-order valence-corrected chi connectivity index (χ0v) is 36.7. The summed E-state index contributed by atoms with van der Waals surface area (Å²) in [5, 5.41) is 9.64. The number of carbonyl (C=O) groups is 4. The fraction of sp³-hybridized carbons (Fsp3) is 0.771. The average molecular weight is 802 g/mol. The van der Waals surface area contributed by atoms with Gasteiger partial charge in [0, 0.05) is 43.1 Å². The Balaban J connectivity index is 1.11. The standard InChI is InChI=1S/C48H71N3O7/c1-31(2)41-35(52)27-48(20-22-50(29-32-11-9-10-21-49-32)30-39(53)51-23-25-57-26-24-51)19-14-34-33(42(41)48)12-13-37-46(34,7)17-15-36-45(5,6)38(16-18-47(36,37)8)58-40(54)28-44(3,4)43(55)56/h9-11,21,31,33-34,36-38H,12-20,22-30H2,1-8H3,(H,55,56). The number of hydrogen-bond donors (Lipinski definition) is 1. The molecule has 1 aromatic heterocycles. The predicted molar refractivity (Wildman–Crippen MR) is 222 cm³/mol. The van der Waals surface area contributed by atoms with Gasteiger partial charge >= 0.3 is 11.9 Å². The van der Waals surface area contributed by atoms with Crippen molar-refractivity contribution in [3.8, 4) is 0 Å². The third-order valence-corrected chi connectivity index (χ3v) is 16.9. The van der Waals surface area contributed by atoms with Crippen LogP contribution in [0.5, 0.6) is 0 Å². The lowest BCUT2D eigenvalue weighted by molar-refractivity contribution is -0.214. The minimum absolute atomic E-state index is 0.0962. The molecule has 0 aromatic carbocycles. The average Bonchev–Trinajstić information content (AvgIpc) is 3.48. The Bertz CT molecular complexity index is 1770. The molecule has 1 N–H and O–H groups in total. The molecule has 10 heteroatoms. The molecule has 5 fully saturated rings. The van der Waals surface area contributed by atoms with Gasteiger partial charge in [-0.1, -0.05) is 53.2 Å². The molecule has 1 aromatic rings. The first kappa shape index (κ1) is 43.0. The van der Waals surface area contributed by atoms with Gasteiger partial charge < -0.3 is 19.5 Å². The van der Waals surface area contributed by atoms with Crippen molar-refractivity contribution < 1.29 is 33.8 Å². The maximum atomic E-state index is 14.3. The zero-order valence-electron chi connectivity index (χ0n) is 36.7. The number of aliphatic carboxylic acids is 1. The molecule has 7 rings (SSSR count). The van der Waals surface area contributed by atoms with E-state index in [0.717, 1.165) is 75.6 Å². The van der Waals surface area contributed by atoms with Crippen LogP contribution in [0.1, 0.15) is 132 Å². The number of morpholine rings is 1. The third kappa shape index (κ3) is 7.71. The number of Topliss-reactive ketones (excluding diaryl/α,β-unsaturated/α-hetero) is 1. The van der Waals surface area contributed by atoms with E-state index >= 15 is 0 Å². The van der Waals surface area contributed by atoms with E-state index < -0.39 is 17.4 Å². The minimum atomic E-state index is -1.16. The lowest BCUT2D eigenvalue weighted by Crippen LogP contribution is -2.63. The van der Waals surface area contributed by atoms with Crippen molar-refractivity contribution in [3.05, 3.63) is 41.2 Å². The first-order valence-corrected chi connectivity index (χ1v) is 22.5. The second-order valence-electron chi connectivity index (χ2n) is 21.3. The van der Waals surface area contributed by atoms with E-state index in [-0.39, 0.29) is 46.0 Å². The fourth-order valence-electron chi connectivity index (χ4n) is 14.0. The van der Waals surface area contributed by atoms with E-state index in [4.69, 9.17) is 9.47 Å². The molecule has 58 heavy (non-hydrogen) atoms. The van der Waals surface area contributed by atoms with Crippen molar-refractivity contribution in [2.75, 3.05) is 39.4 Å². The maximum Gasteiger partial charge on any atom is 0.309 e. The molecule has 0 spiro atoms. The van der Waals surface area contributed by atoms with Gasteiger partial charge in [-0.05, 0) is 136 Å². The first-order valence-electron chi connectivity index (χ1n) is 22.5. The highest BCUT2D eigenvalue weighted by molar-refractivity contribution is 6.00. The number of ketones is 1. The van der Waals surface area contributed by atoms with Crippen LogP contribution in [0.15, 0.2) is 35.5 Å². The Morgan fingerprint density at radius 1 is 0.983 bits per heavy atom. The van der Waals surface area contributed by atoms with Gasteiger partial charge in [-0.25, -0.2) is 0 Å². The molecule has 2 heterocycles. The molecule has 1 aliphatic heterocycles. The van der Waals surface area contributed by atoms with Crippen molar-refractivity contribution in [1.82, 2.24) is 14.8 Å². The van der Waals surface area contributed by atoms with Gasteiger partial charge in [-0.2, -0.15) is 0 Å². The zero-order chi connectivity index (χ0) is 41.8. The van der Waals surface area contributed by atoms with Crippen LogP contribution < -0.4 is 0 Å². The highest BCUT2D eigenvalue weighted by Gasteiger charge is 2.66. The number of carboxylic acids is 1. The van der Waals surface area contributed by atoms with Crippen LogP contribution in [-0.2, 0) is 35.2 Å². The monoisotopic (exact) mass is 802 g/mol. The summed E-state index contributed by atoms with van der Waals surface area (Å²) in [5.74, 6) is 1.08. The lowest BCUT2D eigenvalue weighted by atomic mass is 9.36. The van der Waals surface area contributed by atoms with Crippen molar-refractivity contribution in [2.45, 2.75) is 139 Å². The second kappa shape index (κ2) is 16.1. The number of esters is 1. The molecule has 6 aliphatic rings. The first-order chi connectivity index (χ1) is 27.3. The molecule has 5 aliphatic carbocycles. The van der Waals surface area contributed by atoms with Gasteiger partial charge in [0.15, 0.2) is 5.78 Å². The van der Waals surface area contributed by atoms with E-state index in [9.17, 15) is 24.3 Å². The number of allylic oxidation sites excluding steroid dienone is 2. The van der Waals surface area contributed by atoms with Crippen LogP contribution in [0.3, 0.4) is 0 Å². The van der Waals surface area contributed by atoms with E-state index in [1.165, 1.54) is 5.57 Å². The fourth-order valence-corrected chi connectivity index (χ4v) is 14.0. The van der Waals surface area contributed by atoms with Crippen molar-refractivity contribution >= 4 is 23.6 Å². The second-order valence-corrected chi connectivity index (χ2v) is 21.3. The SMILES string of the molecule is CC(C)C1=C2C3CCC4C(C)(CCC5C(C)(C)C(OC(=O)CC(C)(C)C(=O)O)CCC54C)C3CCC2(CCN(CC(=O)N2CCOCC2)Cc2ccccn2)CC1=O. The van der Waals surface area contributed by atoms with Gasteiger partial charge in [-0.3, -0.25) is 29.1 Å². The van der Waals surface area contributed by atoms with E-state index in [1.54, 1.807) is 13.8 Å². The highest BCUT2D eigenvalue weighted by Crippen LogP contribution is 2.73. The van der Waals surface area contributed by atoms with Crippen LogP contribution in [-0.4, -0.2) is 89.0 Å². The summed E-state index contributed by atoms with van der Waals surface area (Å²) in [6.45, 7) is 21.4. The summed E-state index contributed by atoms with van der Waals surface area (Å²) in [6.07, 6.45) is 11.3. The number of carboxylic acid groups (broad SMARTS) is 1. The Morgan fingerprint density at radius 2 is 1.71 bits per heavy atom. The number of nitrogens with zero attached hydrogens (tertiary/aromatic N) is 3. The van der Waals surface area contributed by atoms with E-state index in [1.807, 2.05) is 29.3 Å². The number of aromatic nitrogens is 1. The van der Waals surface area contributed by atoms with Crippen molar-refractivity contribution in [3.63, 3.8) is 0 Å². The van der Waals surface area contributed by atoms with E-state index in [0.29, 0.717) is 75.3 Å². The Hall–Kier alpha value is -3.11. The molecule has 8 unspecified atom stereocenters. The van der Waals surface area contributed by atoms with Gasteiger partial charge in [0.2, 0.25) is 5.91 Å². The van der Waals surface area contributed by atoms with Crippen molar-refractivity contribution in [2.24, 2.45) is 56.7 Å². The summed E-state index contributed by atoms with van der Waals surface area (Å²) in [5.41, 5.74) is 2.20. The van der Waals surface area contributed by atoms with Gasteiger partial charge in [-0.15, -0.1) is 0 Å². The summed E-state index contributed by atoms with van der Waals surface area (Å²) in [4.78, 5) is 61.6. The molecular weight excluding hydrogens is 731 g/mol. The predicted octanol–water partition coefficient (Wildman–Crippen LogP) is 8.14. The molecule has 0 radical (unpaired) electrons. The van der Waals surface area contributed by atoms with Crippen molar-refractivity contribution in [1.29, 1.82) is 0 Å². The molecule has 1 saturated heterocycles. The normalized spacial score (nSPS) is 34.6. The molecule has 1 amide bonds. The van der Waals surface area contributed by atoms with Crippen LogP contribution in [0.25, 0.3) is 0 Å². The van der Waals surface area contributed by atoms with Gasteiger partial charge in [0.25, 0.3) is 0 Å². The van der Waals surface area contributed by atoms with Crippen LogP contribution in [0.2, 0.25) is 0 Å². The molecule has 320 valence electrons. The number of fused-ring (bicyclic) bond motifs is 7. The van der Waals surface area contributed by atoms with E-state index in [2.05, 4.69) is 51.4 Å². The Kier molecular flexibility index (Phi) is 11.9. The minimum Gasteiger partial charge on any atom is -0.481 e. The number of pyridine rings is 1. The lowest BCUT2D eigenvalue weighted by Gasteiger charge is -2.69. The van der Waals surface area contributed by atoms with Crippen LogP contribution >= 0.6 is 0 Å². The molecule has 4 saturated carbocycles. The number of carbonyl (C=O) groups excluding carboxylic acids is 3. The maximum absolute atomic E-state index is 14.3. The summed E-state index contributed by atoms with van der Waals surface area (Å²) < 4.78 is 11.7. The summed E-state index contributed by atoms with van der Waals surface area (Å²) in [7, 11) is 0. The number of hydrogen-bond acceptors (Lipinski definition) is 8. The Morgan fingerprint density at radius 3 is 2.38 bits per heavy atom. The topological polar surface area (TPSA) is 126 Å². The summed E-state index contributed by atoms with van der Waals surface area (Å²) in [6, 6.07) is 5.97.